The van der Waals surface area contributed by atoms with Crippen molar-refractivity contribution in [2.45, 2.75) is 32.1 Å². The average molecular weight is 496 g/mol. The molecule has 0 radical (unpaired) electrons. The zero-order valence-electron chi connectivity index (χ0n) is 19.3. The van der Waals surface area contributed by atoms with Crippen LogP contribution in [0.2, 0.25) is 0 Å². The summed E-state index contributed by atoms with van der Waals surface area (Å²) in [5.74, 6) is -0.905. The van der Waals surface area contributed by atoms with E-state index in [1.54, 1.807) is 47.4 Å². The SMILES string of the molecule is CC1Cn2ncc(C(=O)Nc3cccc(C#N)c3)c2C(=O)N1c1ccc(CCNCC(F)(F)F)cc1. The first-order chi connectivity index (χ1) is 17.2. The minimum atomic E-state index is -4.25. The Morgan fingerprint density at radius 1 is 1.22 bits per heavy atom. The lowest BCUT2D eigenvalue weighted by atomic mass is 10.1. The lowest BCUT2D eigenvalue weighted by molar-refractivity contribution is -0.124. The van der Waals surface area contributed by atoms with Gasteiger partial charge in [-0.05, 0) is 55.8 Å². The minimum absolute atomic E-state index is 0.117. The molecule has 3 aromatic rings. The molecule has 0 fully saturated rings. The van der Waals surface area contributed by atoms with Gasteiger partial charge >= 0.3 is 6.18 Å². The van der Waals surface area contributed by atoms with E-state index in [4.69, 9.17) is 5.26 Å². The lowest BCUT2D eigenvalue weighted by Crippen LogP contribution is -2.47. The molecule has 2 amide bonds. The van der Waals surface area contributed by atoms with Crippen LogP contribution in [-0.2, 0) is 13.0 Å². The van der Waals surface area contributed by atoms with Gasteiger partial charge in [0, 0.05) is 11.4 Å². The zero-order valence-corrected chi connectivity index (χ0v) is 19.3. The van der Waals surface area contributed by atoms with Crippen molar-refractivity contribution in [1.82, 2.24) is 15.1 Å². The topological polar surface area (TPSA) is 103 Å². The van der Waals surface area contributed by atoms with Crippen LogP contribution < -0.4 is 15.5 Å². The number of rotatable bonds is 7. The Labute approximate surface area is 205 Å². The molecule has 0 spiro atoms. The van der Waals surface area contributed by atoms with Crippen LogP contribution >= 0.6 is 0 Å². The van der Waals surface area contributed by atoms with Gasteiger partial charge in [0.1, 0.15) is 5.69 Å². The van der Waals surface area contributed by atoms with Gasteiger partial charge < -0.3 is 15.5 Å². The fourth-order valence-electron chi connectivity index (χ4n) is 4.08. The Morgan fingerprint density at radius 3 is 2.67 bits per heavy atom. The number of carbonyl (C=O) groups excluding carboxylic acids is 2. The van der Waals surface area contributed by atoms with E-state index in [-0.39, 0.29) is 29.8 Å². The molecule has 186 valence electrons. The van der Waals surface area contributed by atoms with Crippen LogP contribution in [-0.4, -0.2) is 46.9 Å². The maximum atomic E-state index is 13.5. The van der Waals surface area contributed by atoms with Gasteiger partial charge in [0.15, 0.2) is 0 Å². The molecule has 0 aliphatic carbocycles. The Morgan fingerprint density at radius 2 is 1.97 bits per heavy atom. The van der Waals surface area contributed by atoms with Gasteiger partial charge in [-0.1, -0.05) is 18.2 Å². The molecular weight excluding hydrogens is 473 g/mol. The first-order valence-corrected chi connectivity index (χ1v) is 11.2. The number of halogens is 3. The number of anilines is 2. The number of amides is 2. The number of alkyl halides is 3. The molecule has 1 aliphatic rings. The van der Waals surface area contributed by atoms with Gasteiger partial charge in [-0.3, -0.25) is 14.3 Å². The maximum absolute atomic E-state index is 13.5. The van der Waals surface area contributed by atoms with Crippen LogP contribution in [0.3, 0.4) is 0 Å². The Kier molecular flexibility index (Phi) is 7.07. The second-order valence-corrected chi connectivity index (χ2v) is 8.47. The van der Waals surface area contributed by atoms with Gasteiger partial charge in [-0.15, -0.1) is 0 Å². The second-order valence-electron chi connectivity index (χ2n) is 8.47. The Hall–Kier alpha value is -4.17. The van der Waals surface area contributed by atoms with Crippen molar-refractivity contribution in [2.24, 2.45) is 0 Å². The first-order valence-electron chi connectivity index (χ1n) is 11.2. The number of fused-ring (bicyclic) bond motifs is 1. The summed E-state index contributed by atoms with van der Waals surface area (Å²) in [4.78, 5) is 28.0. The fourth-order valence-corrected chi connectivity index (χ4v) is 4.08. The average Bonchev–Trinajstić information content (AvgIpc) is 3.26. The number of nitrogens with zero attached hydrogens (tertiary/aromatic N) is 4. The minimum Gasteiger partial charge on any atom is -0.322 e. The van der Waals surface area contributed by atoms with Gasteiger partial charge in [0.2, 0.25) is 0 Å². The summed E-state index contributed by atoms with van der Waals surface area (Å²) in [6.45, 7) is 1.37. The fraction of sp³-hybridized carbons (Fsp3) is 0.280. The maximum Gasteiger partial charge on any atom is 0.401 e. The monoisotopic (exact) mass is 496 g/mol. The third kappa shape index (κ3) is 5.55. The molecule has 1 aromatic heterocycles. The molecule has 1 unspecified atom stereocenters. The third-order valence-corrected chi connectivity index (χ3v) is 5.76. The van der Waals surface area contributed by atoms with Crippen molar-refractivity contribution in [1.29, 1.82) is 5.26 Å². The van der Waals surface area contributed by atoms with E-state index >= 15 is 0 Å². The number of aromatic nitrogens is 2. The van der Waals surface area contributed by atoms with Crippen molar-refractivity contribution < 1.29 is 22.8 Å². The molecule has 0 saturated heterocycles. The molecule has 1 aliphatic heterocycles. The first kappa shape index (κ1) is 24.9. The molecule has 36 heavy (non-hydrogen) atoms. The molecule has 2 N–H and O–H groups in total. The van der Waals surface area contributed by atoms with Crippen LogP contribution in [0.5, 0.6) is 0 Å². The van der Waals surface area contributed by atoms with Gasteiger partial charge in [-0.2, -0.15) is 23.5 Å². The van der Waals surface area contributed by atoms with Crippen LogP contribution in [0.1, 0.15) is 38.9 Å². The normalized spacial score (nSPS) is 15.4. The standard InChI is InChI=1S/C25H23F3N6O2/c1-16-14-33-22(21(13-31-33)23(35)32-19-4-2-3-18(11-19)12-29)24(36)34(16)20-7-5-17(6-8-20)9-10-30-15-25(26,27)28/h2-8,11,13,16,30H,9-10,14-15H2,1H3,(H,32,35). The van der Waals surface area contributed by atoms with Crippen molar-refractivity contribution in [3.63, 3.8) is 0 Å². The van der Waals surface area contributed by atoms with Crippen molar-refractivity contribution in [3.8, 4) is 6.07 Å². The van der Waals surface area contributed by atoms with Crippen LogP contribution in [0.15, 0.2) is 54.7 Å². The summed E-state index contributed by atoms with van der Waals surface area (Å²) in [5, 5.41) is 18.4. The quantitative estimate of drug-likeness (QED) is 0.485. The van der Waals surface area contributed by atoms with E-state index in [2.05, 4.69) is 15.7 Å². The van der Waals surface area contributed by atoms with E-state index in [9.17, 15) is 22.8 Å². The van der Waals surface area contributed by atoms with E-state index in [1.165, 1.54) is 16.9 Å². The molecule has 8 nitrogen and oxygen atoms in total. The molecule has 11 heteroatoms. The molecule has 2 heterocycles. The largest absolute Gasteiger partial charge is 0.401 e. The highest BCUT2D eigenvalue weighted by Gasteiger charge is 2.35. The highest BCUT2D eigenvalue weighted by atomic mass is 19.4. The molecule has 0 bridgehead atoms. The van der Waals surface area contributed by atoms with E-state index in [0.29, 0.717) is 29.9 Å². The summed E-state index contributed by atoms with van der Waals surface area (Å²) in [6, 6.07) is 15.2. The number of carbonyl (C=O) groups is 2. The van der Waals surface area contributed by atoms with Crippen molar-refractivity contribution >= 4 is 23.2 Å². The summed E-state index contributed by atoms with van der Waals surface area (Å²) < 4.78 is 38.3. The van der Waals surface area contributed by atoms with Gasteiger partial charge in [0.25, 0.3) is 11.8 Å². The number of hydrogen-bond donors (Lipinski definition) is 2. The number of nitrogens with one attached hydrogen (secondary N) is 2. The molecule has 2 aromatic carbocycles. The number of nitriles is 1. The van der Waals surface area contributed by atoms with E-state index in [0.717, 1.165) is 5.56 Å². The Bertz CT molecular complexity index is 1310. The van der Waals surface area contributed by atoms with Gasteiger partial charge in [0.05, 0.1) is 42.5 Å². The Balaban J connectivity index is 1.49. The van der Waals surface area contributed by atoms with Crippen molar-refractivity contribution in [3.05, 3.63) is 77.1 Å². The summed E-state index contributed by atoms with van der Waals surface area (Å²) in [6.07, 6.45) is -2.49. The van der Waals surface area contributed by atoms with Crippen LogP contribution in [0.4, 0.5) is 24.5 Å². The van der Waals surface area contributed by atoms with E-state index in [1.807, 2.05) is 13.0 Å². The molecule has 0 saturated carbocycles. The van der Waals surface area contributed by atoms with Crippen LogP contribution in [0.25, 0.3) is 0 Å². The predicted molar refractivity (Wildman–Crippen MR) is 127 cm³/mol. The molecule has 1 atom stereocenters. The lowest BCUT2D eigenvalue weighted by Gasteiger charge is -2.34. The summed E-state index contributed by atoms with van der Waals surface area (Å²) >= 11 is 0. The highest BCUT2D eigenvalue weighted by molar-refractivity contribution is 6.15. The van der Waals surface area contributed by atoms with E-state index < -0.39 is 18.6 Å². The zero-order chi connectivity index (χ0) is 25.9. The molecular formula is C25H23F3N6O2. The highest BCUT2D eigenvalue weighted by Crippen LogP contribution is 2.27. The van der Waals surface area contributed by atoms with Crippen molar-refractivity contribution in [2.75, 3.05) is 23.3 Å². The number of hydrogen-bond acceptors (Lipinski definition) is 5. The second kappa shape index (κ2) is 10.2. The smallest absolute Gasteiger partial charge is 0.322 e. The summed E-state index contributed by atoms with van der Waals surface area (Å²) in [5.41, 5.74) is 2.53. The predicted octanol–water partition coefficient (Wildman–Crippen LogP) is 3.75. The number of benzene rings is 2. The summed E-state index contributed by atoms with van der Waals surface area (Å²) in [7, 11) is 0. The van der Waals surface area contributed by atoms with Crippen LogP contribution in [0, 0.1) is 11.3 Å². The van der Waals surface area contributed by atoms with Gasteiger partial charge in [-0.25, -0.2) is 0 Å². The molecule has 4 rings (SSSR count). The third-order valence-electron chi connectivity index (χ3n) is 5.76.